The van der Waals surface area contributed by atoms with E-state index in [9.17, 15) is 9.59 Å². The second-order valence-corrected chi connectivity index (χ2v) is 7.83. The number of anilines is 2. The molecule has 0 saturated carbocycles. The molecule has 0 spiro atoms. The van der Waals surface area contributed by atoms with Crippen LogP contribution in [-0.2, 0) is 6.54 Å². The van der Waals surface area contributed by atoms with E-state index in [1.165, 1.54) is 24.1 Å². The number of nitrogens with one attached hydrogen (secondary N) is 3. The highest BCUT2D eigenvalue weighted by Gasteiger charge is 2.15. The van der Waals surface area contributed by atoms with E-state index in [1.54, 1.807) is 12.1 Å². The predicted octanol–water partition coefficient (Wildman–Crippen LogP) is 4.06. The van der Waals surface area contributed by atoms with Gasteiger partial charge >= 0.3 is 6.03 Å². The topological polar surface area (TPSA) is 73.5 Å². The van der Waals surface area contributed by atoms with E-state index in [-0.39, 0.29) is 18.0 Å². The summed E-state index contributed by atoms with van der Waals surface area (Å²) in [6.45, 7) is 8.53. The lowest BCUT2D eigenvalue weighted by Crippen LogP contribution is -2.39. The van der Waals surface area contributed by atoms with Crippen molar-refractivity contribution >= 4 is 23.3 Å². The average molecular weight is 395 g/mol. The van der Waals surface area contributed by atoms with Gasteiger partial charge in [-0.15, -0.1) is 0 Å². The van der Waals surface area contributed by atoms with Gasteiger partial charge in [0.1, 0.15) is 0 Å². The second kappa shape index (κ2) is 9.45. The number of benzene rings is 2. The van der Waals surface area contributed by atoms with Crippen molar-refractivity contribution in [3.8, 4) is 0 Å². The highest BCUT2D eigenvalue weighted by molar-refractivity contribution is 6.04. The molecule has 3 rings (SSSR count). The Morgan fingerprint density at radius 2 is 1.72 bits per heavy atom. The summed E-state index contributed by atoms with van der Waals surface area (Å²) >= 11 is 0. The number of carbonyl (C=O) groups is 2. The molecule has 1 heterocycles. The van der Waals surface area contributed by atoms with E-state index in [0.717, 1.165) is 24.3 Å². The van der Waals surface area contributed by atoms with Crippen molar-refractivity contribution in [2.24, 2.45) is 0 Å². The Kier molecular flexibility index (Phi) is 6.75. The molecule has 29 heavy (non-hydrogen) atoms. The lowest BCUT2D eigenvalue weighted by atomic mass is 10.1. The zero-order chi connectivity index (χ0) is 20.8. The first-order chi connectivity index (χ1) is 13.9. The van der Waals surface area contributed by atoms with Crippen LogP contribution in [0.3, 0.4) is 0 Å². The summed E-state index contributed by atoms with van der Waals surface area (Å²) in [7, 11) is 0. The lowest BCUT2D eigenvalue weighted by molar-refractivity contribution is 0.102. The highest BCUT2D eigenvalue weighted by atomic mass is 16.2. The Labute approximate surface area is 172 Å². The van der Waals surface area contributed by atoms with Crippen molar-refractivity contribution in [2.45, 2.75) is 46.2 Å². The molecular weight excluding hydrogens is 364 g/mol. The summed E-state index contributed by atoms with van der Waals surface area (Å²) in [6.07, 6.45) is 2.48. The van der Waals surface area contributed by atoms with Crippen LogP contribution in [0.1, 0.15) is 48.2 Å². The maximum absolute atomic E-state index is 12.6. The van der Waals surface area contributed by atoms with Gasteiger partial charge in [0.15, 0.2) is 0 Å². The maximum Gasteiger partial charge on any atom is 0.315 e. The Bertz CT molecular complexity index is 856. The normalized spacial score (nSPS) is 13.4. The number of hydrogen-bond donors (Lipinski definition) is 3. The van der Waals surface area contributed by atoms with Crippen LogP contribution >= 0.6 is 0 Å². The SMILES string of the molecule is Cc1cc(NC(=O)c2ccc(CNC(=O)NC(C)C)cc2)ccc1N1CCCC1. The third-order valence-corrected chi connectivity index (χ3v) is 4.99. The van der Waals surface area contributed by atoms with Gasteiger partial charge in [0, 0.05) is 42.6 Å². The monoisotopic (exact) mass is 394 g/mol. The number of rotatable bonds is 6. The van der Waals surface area contributed by atoms with Gasteiger partial charge in [-0.3, -0.25) is 4.79 Å². The van der Waals surface area contributed by atoms with Crippen LogP contribution in [0.15, 0.2) is 42.5 Å². The molecule has 0 bridgehead atoms. The van der Waals surface area contributed by atoms with Gasteiger partial charge in [0.2, 0.25) is 0 Å². The number of hydrogen-bond acceptors (Lipinski definition) is 3. The minimum Gasteiger partial charge on any atom is -0.371 e. The van der Waals surface area contributed by atoms with Gasteiger partial charge in [-0.2, -0.15) is 0 Å². The van der Waals surface area contributed by atoms with Crippen molar-refractivity contribution in [1.82, 2.24) is 10.6 Å². The smallest absolute Gasteiger partial charge is 0.315 e. The number of nitrogens with zero attached hydrogens (tertiary/aromatic N) is 1. The largest absolute Gasteiger partial charge is 0.371 e. The van der Waals surface area contributed by atoms with Crippen LogP contribution in [0.5, 0.6) is 0 Å². The van der Waals surface area contributed by atoms with Gasteiger partial charge in [-0.05, 0) is 75.1 Å². The van der Waals surface area contributed by atoms with Crippen LogP contribution in [0.4, 0.5) is 16.2 Å². The number of carbonyl (C=O) groups excluding carboxylic acids is 2. The first kappa shape index (κ1) is 20.7. The molecule has 1 saturated heterocycles. The summed E-state index contributed by atoms with van der Waals surface area (Å²) in [5, 5.41) is 8.55. The fourth-order valence-corrected chi connectivity index (χ4v) is 3.52. The molecule has 1 aliphatic heterocycles. The van der Waals surface area contributed by atoms with Gasteiger partial charge in [-0.1, -0.05) is 12.1 Å². The Hall–Kier alpha value is -3.02. The fraction of sp³-hybridized carbons (Fsp3) is 0.391. The second-order valence-electron chi connectivity index (χ2n) is 7.83. The quantitative estimate of drug-likeness (QED) is 0.692. The van der Waals surface area contributed by atoms with E-state index in [0.29, 0.717) is 12.1 Å². The number of amides is 3. The molecule has 0 aliphatic carbocycles. The summed E-state index contributed by atoms with van der Waals surface area (Å²) in [4.78, 5) is 26.6. The predicted molar refractivity (Wildman–Crippen MR) is 118 cm³/mol. The molecule has 6 heteroatoms. The molecule has 2 aromatic rings. The molecule has 0 atom stereocenters. The van der Waals surface area contributed by atoms with Crippen LogP contribution in [0.25, 0.3) is 0 Å². The van der Waals surface area contributed by atoms with Crippen molar-refractivity contribution in [2.75, 3.05) is 23.3 Å². The third-order valence-electron chi connectivity index (χ3n) is 4.99. The first-order valence-electron chi connectivity index (χ1n) is 10.2. The van der Waals surface area contributed by atoms with Crippen molar-refractivity contribution in [3.63, 3.8) is 0 Å². The van der Waals surface area contributed by atoms with Crippen LogP contribution in [-0.4, -0.2) is 31.1 Å². The molecule has 6 nitrogen and oxygen atoms in total. The molecule has 2 aromatic carbocycles. The van der Waals surface area contributed by atoms with Gasteiger partial charge in [0.05, 0.1) is 0 Å². The molecule has 1 aliphatic rings. The molecule has 0 aromatic heterocycles. The molecule has 3 amide bonds. The molecular formula is C23H30N4O2. The number of aryl methyl sites for hydroxylation is 1. The van der Waals surface area contributed by atoms with E-state index in [4.69, 9.17) is 0 Å². The zero-order valence-corrected chi connectivity index (χ0v) is 17.4. The van der Waals surface area contributed by atoms with E-state index in [2.05, 4.69) is 33.8 Å². The summed E-state index contributed by atoms with van der Waals surface area (Å²) in [6, 6.07) is 13.2. The summed E-state index contributed by atoms with van der Waals surface area (Å²) in [5.74, 6) is -0.143. The molecule has 154 valence electrons. The number of urea groups is 1. The molecule has 0 unspecified atom stereocenters. The Morgan fingerprint density at radius 3 is 2.34 bits per heavy atom. The Morgan fingerprint density at radius 1 is 1.03 bits per heavy atom. The molecule has 1 fully saturated rings. The van der Waals surface area contributed by atoms with E-state index in [1.807, 2.05) is 38.1 Å². The Balaban J connectivity index is 1.56. The minimum atomic E-state index is -0.199. The molecule has 3 N–H and O–H groups in total. The minimum absolute atomic E-state index is 0.0918. The van der Waals surface area contributed by atoms with E-state index >= 15 is 0 Å². The van der Waals surface area contributed by atoms with Crippen LogP contribution in [0, 0.1) is 6.92 Å². The molecule has 0 radical (unpaired) electrons. The fourth-order valence-electron chi connectivity index (χ4n) is 3.52. The standard InChI is InChI=1S/C23H30N4O2/c1-16(2)25-23(29)24-15-18-6-8-19(9-7-18)22(28)26-20-10-11-21(17(3)14-20)27-12-4-5-13-27/h6-11,14,16H,4-5,12-13,15H2,1-3H3,(H,26,28)(H2,24,25,29). The van der Waals surface area contributed by atoms with Gasteiger partial charge < -0.3 is 20.9 Å². The highest BCUT2D eigenvalue weighted by Crippen LogP contribution is 2.26. The van der Waals surface area contributed by atoms with Crippen LogP contribution < -0.4 is 20.9 Å². The van der Waals surface area contributed by atoms with Gasteiger partial charge in [0.25, 0.3) is 5.91 Å². The van der Waals surface area contributed by atoms with Crippen molar-refractivity contribution in [1.29, 1.82) is 0 Å². The lowest BCUT2D eigenvalue weighted by Gasteiger charge is -2.20. The van der Waals surface area contributed by atoms with Crippen LogP contribution in [0.2, 0.25) is 0 Å². The summed E-state index contributed by atoms with van der Waals surface area (Å²) in [5.41, 5.74) is 4.74. The van der Waals surface area contributed by atoms with Crippen molar-refractivity contribution in [3.05, 3.63) is 59.2 Å². The van der Waals surface area contributed by atoms with Crippen molar-refractivity contribution < 1.29 is 9.59 Å². The maximum atomic E-state index is 12.6. The zero-order valence-electron chi connectivity index (χ0n) is 17.4. The average Bonchev–Trinajstić information content (AvgIpc) is 3.21. The summed E-state index contributed by atoms with van der Waals surface area (Å²) < 4.78 is 0. The van der Waals surface area contributed by atoms with E-state index < -0.39 is 0 Å². The first-order valence-corrected chi connectivity index (χ1v) is 10.2. The third kappa shape index (κ3) is 5.73. The van der Waals surface area contributed by atoms with Gasteiger partial charge in [-0.25, -0.2) is 4.79 Å².